The van der Waals surface area contributed by atoms with Crippen molar-refractivity contribution in [3.63, 3.8) is 0 Å². The zero-order chi connectivity index (χ0) is 9.80. The van der Waals surface area contributed by atoms with Crippen LogP contribution in [0.15, 0.2) is 42.6 Å². The van der Waals surface area contributed by atoms with E-state index in [1.165, 1.54) is 5.69 Å². The Kier molecular flexibility index (Phi) is 2.84. The third kappa shape index (κ3) is 1.80. The van der Waals surface area contributed by atoms with Crippen LogP contribution in [-0.4, -0.2) is 12.7 Å². The normalized spacial score (nSPS) is 21.2. The first-order valence-corrected chi connectivity index (χ1v) is 5.15. The number of hydrogen-bond acceptors (Lipinski definition) is 2. The van der Waals surface area contributed by atoms with Crippen LogP contribution in [0.25, 0.3) is 0 Å². The number of para-hydroxylation sites is 1. The van der Waals surface area contributed by atoms with Gasteiger partial charge < -0.3 is 4.90 Å². The number of hydrogen-bond donors (Lipinski definition) is 1. The molecule has 14 heavy (non-hydrogen) atoms. The van der Waals surface area contributed by atoms with Gasteiger partial charge in [-0.3, -0.25) is 5.32 Å². The molecular weight excluding hydrogens is 172 g/mol. The third-order valence-electron chi connectivity index (χ3n) is 2.51. The molecule has 0 fully saturated rings. The molecule has 0 aromatic heterocycles. The van der Waals surface area contributed by atoms with Crippen molar-refractivity contribution >= 4 is 5.69 Å². The summed E-state index contributed by atoms with van der Waals surface area (Å²) < 4.78 is 0. The van der Waals surface area contributed by atoms with Crippen LogP contribution in [-0.2, 0) is 0 Å². The van der Waals surface area contributed by atoms with Crippen molar-refractivity contribution in [1.29, 1.82) is 0 Å². The van der Waals surface area contributed by atoms with Gasteiger partial charge in [0.05, 0.1) is 6.17 Å². The minimum absolute atomic E-state index is 0.433. The van der Waals surface area contributed by atoms with Crippen LogP contribution in [0.4, 0.5) is 5.69 Å². The molecule has 0 saturated carbocycles. The monoisotopic (exact) mass is 188 g/mol. The predicted molar refractivity (Wildman–Crippen MR) is 60.1 cm³/mol. The summed E-state index contributed by atoms with van der Waals surface area (Å²) in [4.78, 5) is 2.28. The molecule has 1 aliphatic rings. The molecule has 1 aromatic rings. The lowest BCUT2D eigenvalue weighted by Crippen LogP contribution is -2.45. The molecule has 1 N–H and O–H groups in total. The first-order valence-electron chi connectivity index (χ1n) is 5.15. The zero-order valence-electron chi connectivity index (χ0n) is 8.48. The molecule has 2 rings (SSSR count). The van der Waals surface area contributed by atoms with Gasteiger partial charge in [0.1, 0.15) is 0 Å². The summed E-state index contributed by atoms with van der Waals surface area (Å²) in [6, 6.07) is 10.5. The van der Waals surface area contributed by atoms with E-state index in [0.29, 0.717) is 6.17 Å². The molecule has 1 atom stereocenters. The Morgan fingerprint density at radius 1 is 1.36 bits per heavy atom. The van der Waals surface area contributed by atoms with Gasteiger partial charge in [-0.2, -0.15) is 0 Å². The van der Waals surface area contributed by atoms with Gasteiger partial charge in [-0.05, 0) is 18.6 Å². The molecule has 0 saturated heterocycles. The van der Waals surface area contributed by atoms with Gasteiger partial charge in [-0.1, -0.05) is 31.2 Å². The van der Waals surface area contributed by atoms with Crippen LogP contribution < -0.4 is 10.2 Å². The molecule has 1 aliphatic heterocycles. The van der Waals surface area contributed by atoms with Gasteiger partial charge in [-0.15, -0.1) is 0 Å². The molecule has 0 spiro atoms. The summed E-state index contributed by atoms with van der Waals surface area (Å²) in [5, 5.41) is 3.46. The first-order chi connectivity index (χ1) is 6.92. The van der Waals surface area contributed by atoms with E-state index in [2.05, 4.69) is 53.7 Å². The van der Waals surface area contributed by atoms with Crippen molar-refractivity contribution < 1.29 is 0 Å². The first kappa shape index (κ1) is 9.28. The minimum Gasteiger partial charge on any atom is -0.332 e. The summed E-state index contributed by atoms with van der Waals surface area (Å²) in [6.45, 7) is 3.18. The Morgan fingerprint density at radius 2 is 2.14 bits per heavy atom. The van der Waals surface area contributed by atoms with Crippen molar-refractivity contribution in [1.82, 2.24) is 5.32 Å². The van der Waals surface area contributed by atoms with Crippen molar-refractivity contribution in [3.8, 4) is 0 Å². The standard InChI is InChI=1S/C12H16N2/c1-2-12-13-9-6-10-14(12)11-7-4-3-5-8-11/h3-8,10,12-13H,2,9H2,1H3. The zero-order valence-corrected chi connectivity index (χ0v) is 8.48. The summed E-state index contributed by atoms with van der Waals surface area (Å²) in [7, 11) is 0. The van der Waals surface area contributed by atoms with E-state index < -0.39 is 0 Å². The summed E-state index contributed by atoms with van der Waals surface area (Å²) >= 11 is 0. The van der Waals surface area contributed by atoms with E-state index in [1.54, 1.807) is 0 Å². The lowest BCUT2D eigenvalue weighted by Gasteiger charge is -2.33. The number of rotatable bonds is 2. The molecule has 0 bridgehead atoms. The van der Waals surface area contributed by atoms with Crippen molar-refractivity contribution in [2.45, 2.75) is 19.5 Å². The van der Waals surface area contributed by atoms with Crippen LogP contribution in [0.5, 0.6) is 0 Å². The molecule has 1 heterocycles. The van der Waals surface area contributed by atoms with E-state index in [1.807, 2.05) is 6.07 Å². The highest BCUT2D eigenvalue weighted by molar-refractivity contribution is 5.50. The number of nitrogens with one attached hydrogen (secondary N) is 1. The Hall–Kier alpha value is -1.28. The Balaban J connectivity index is 2.23. The van der Waals surface area contributed by atoms with Crippen molar-refractivity contribution in [3.05, 3.63) is 42.6 Å². The highest BCUT2D eigenvalue weighted by Gasteiger charge is 2.15. The molecule has 2 nitrogen and oxygen atoms in total. The molecule has 1 unspecified atom stereocenters. The van der Waals surface area contributed by atoms with Gasteiger partial charge in [0.2, 0.25) is 0 Å². The van der Waals surface area contributed by atoms with Crippen molar-refractivity contribution in [2.24, 2.45) is 0 Å². The van der Waals surface area contributed by atoms with Crippen molar-refractivity contribution in [2.75, 3.05) is 11.4 Å². The lowest BCUT2D eigenvalue weighted by molar-refractivity contribution is 0.512. The molecule has 0 aliphatic carbocycles. The molecular formula is C12H16N2. The van der Waals surface area contributed by atoms with E-state index >= 15 is 0 Å². The second kappa shape index (κ2) is 4.29. The quantitative estimate of drug-likeness (QED) is 0.766. The van der Waals surface area contributed by atoms with Crippen LogP contribution in [0.2, 0.25) is 0 Å². The van der Waals surface area contributed by atoms with Gasteiger partial charge in [0.25, 0.3) is 0 Å². The molecule has 0 radical (unpaired) electrons. The van der Waals surface area contributed by atoms with E-state index in [4.69, 9.17) is 0 Å². The number of nitrogens with zero attached hydrogens (tertiary/aromatic N) is 1. The maximum atomic E-state index is 3.46. The molecule has 2 heteroatoms. The largest absolute Gasteiger partial charge is 0.332 e. The van der Waals surface area contributed by atoms with E-state index in [0.717, 1.165) is 13.0 Å². The van der Waals surface area contributed by atoms with Crippen LogP contribution in [0, 0.1) is 0 Å². The second-order valence-electron chi connectivity index (χ2n) is 3.46. The van der Waals surface area contributed by atoms with E-state index in [-0.39, 0.29) is 0 Å². The third-order valence-corrected chi connectivity index (χ3v) is 2.51. The average Bonchev–Trinajstić information content (AvgIpc) is 2.30. The predicted octanol–water partition coefficient (Wildman–Crippen LogP) is 2.35. The Morgan fingerprint density at radius 3 is 2.86 bits per heavy atom. The maximum Gasteiger partial charge on any atom is 0.0838 e. The maximum absolute atomic E-state index is 3.46. The number of benzene rings is 1. The second-order valence-corrected chi connectivity index (χ2v) is 3.46. The van der Waals surface area contributed by atoms with Gasteiger partial charge in [-0.25, -0.2) is 0 Å². The highest BCUT2D eigenvalue weighted by atomic mass is 15.3. The Bertz CT molecular complexity index is 305. The topological polar surface area (TPSA) is 15.3 Å². The molecule has 74 valence electrons. The van der Waals surface area contributed by atoms with Gasteiger partial charge in [0, 0.05) is 18.4 Å². The van der Waals surface area contributed by atoms with Gasteiger partial charge in [0.15, 0.2) is 0 Å². The lowest BCUT2D eigenvalue weighted by atomic mass is 10.2. The fourth-order valence-corrected chi connectivity index (χ4v) is 1.78. The van der Waals surface area contributed by atoms with Gasteiger partial charge >= 0.3 is 0 Å². The fourth-order valence-electron chi connectivity index (χ4n) is 1.78. The van der Waals surface area contributed by atoms with Crippen LogP contribution in [0.3, 0.4) is 0 Å². The molecule has 1 aromatic carbocycles. The summed E-state index contributed by atoms with van der Waals surface area (Å²) in [5.41, 5.74) is 1.25. The van der Waals surface area contributed by atoms with Crippen LogP contribution >= 0.6 is 0 Å². The smallest absolute Gasteiger partial charge is 0.0838 e. The van der Waals surface area contributed by atoms with E-state index in [9.17, 15) is 0 Å². The minimum atomic E-state index is 0.433. The fraction of sp³-hybridized carbons (Fsp3) is 0.333. The summed E-state index contributed by atoms with van der Waals surface area (Å²) in [5.74, 6) is 0. The SMILES string of the molecule is CCC1NCC=CN1c1ccccc1. The van der Waals surface area contributed by atoms with Crippen LogP contribution in [0.1, 0.15) is 13.3 Å². The summed E-state index contributed by atoms with van der Waals surface area (Å²) in [6.07, 6.45) is 5.86. The molecule has 0 amide bonds. The Labute approximate surface area is 85.2 Å². The average molecular weight is 188 g/mol. The number of anilines is 1. The highest BCUT2D eigenvalue weighted by Crippen LogP contribution is 2.18.